The standard InChI is InChI=1S/C14H23N/c1-10(2)8-12-6-5-7-13(14(12)15)9-11(3)4/h5-7,10-11H,8-9,15H2,1-4H3. The lowest BCUT2D eigenvalue weighted by Gasteiger charge is -2.14. The molecule has 1 aromatic rings. The Balaban J connectivity index is 2.90. The van der Waals surface area contributed by atoms with E-state index in [2.05, 4.69) is 45.9 Å². The fourth-order valence-electron chi connectivity index (χ4n) is 1.90. The average Bonchev–Trinajstić information content (AvgIpc) is 2.10. The molecule has 0 saturated heterocycles. The SMILES string of the molecule is CC(C)Cc1cccc(CC(C)C)c1N. The molecule has 1 aromatic carbocycles. The van der Waals surface area contributed by atoms with Crippen LogP contribution in [0.15, 0.2) is 18.2 Å². The summed E-state index contributed by atoms with van der Waals surface area (Å²) in [5, 5.41) is 0. The van der Waals surface area contributed by atoms with Crippen molar-refractivity contribution in [2.75, 3.05) is 5.73 Å². The van der Waals surface area contributed by atoms with Crippen LogP contribution in [-0.2, 0) is 12.8 Å². The first-order valence-electron chi connectivity index (χ1n) is 5.87. The second-order valence-corrected chi connectivity index (χ2v) is 5.19. The van der Waals surface area contributed by atoms with Gasteiger partial charge in [-0.15, -0.1) is 0 Å². The van der Waals surface area contributed by atoms with Gasteiger partial charge >= 0.3 is 0 Å². The van der Waals surface area contributed by atoms with E-state index in [9.17, 15) is 0 Å². The molecule has 0 aliphatic heterocycles. The molecule has 0 aliphatic rings. The van der Waals surface area contributed by atoms with Crippen LogP contribution in [0.4, 0.5) is 5.69 Å². The zero-order valence-corrected chi connectivity index (χ0v) is 10.4. The Morgan fingerprint density at radius 1 is 0.933 bits per heavy atom. The average molecular weight is 205 g/mol. The third-order valence-corrected chi connectivity index (χ3v) is 2.54. The molecule has 1 rings (SSSR count). The van der Waals surface area contributed by atoms with E-state index in [0.717, 1.165) is 18.5 Å². The number of para-hydroxylation sites is 1. The summed E-state index contributed by atoms with van der Waals surface area (Å²) in [6.45, 7) is 8.92. The largest absolute Gasteiger partial charge is 0.398 e. The fraction of sp³-hybridized carbons (Fsp3) is 0.571. The van der Waals surface area contributed by atoms with Crippen LogP contribution in [-0.4, -0.2) is 0 Å². The van der Waals surface area contributed by atoms with Gasteiger partial charge < -0.3 is 5.73 Å². The highest BCUT2D eigenvalue weighted by Gasteiger charge is 2.07. The number of hydrogen-bond acceptors (Lipinski definition) is 1. The summed E-state index contributed by atoms with van der Waals surface area (Å²) in [5.41, 5.74) is 9.81. The number of nitrogen functional groups attached to an aromatic ring is 1. The summed E-state index contributed by atoms with van der Waals surface area (Å²) < 4.78 is 0. The predicted molar refractivity (Wildman–Crippen MR) is 67.9 cm³/mol. The summed E-state index contributed by atoms with van der Waals surface area (Å²) in [5.74, 6) is 1.34. The van der Waals surface area contributed by atoms with Crippen molar-refractivity contribution in [3.63, 3.8) is 0 Å². The lowest BCUT2D eigenvalue weighted by atomic mass is 9.95. The second kappa shape index (κ2) is 5.20. The minimum atomic E-state index is 0.668. The first kappa shape index (κ1) is 12.1. The number of nitrogens with two attached hydrogens (primary N) is 1. The lowest BCUT2D eigenvalue weighted by molar-refractivity contribution is 0.638. The first-order chi connectivity index (χ1) is 7.00. The van der Waals surface area contributed by atoms with Crippen LogP contribution in [0, 0.1) is 11.8 Å². The highest BCUT2D eigenvalue weighted by molar-refractivity contribution is 5.54. The van der Waals surface area contributed by atoms with Crippen molar-refractivity contribution in [2.45, 2.75) is 40.5 Å². The van der Waals surface area contributed by atoms with E-state index < -0.39 is 0 Å². The van der Waals surface area contributed by atoms with Gasteiger partial charge in [-0.05, 0) is 35.8 Å². The third-order valence-electron chi connectivity index (χ3n) is 2.54. The van der Waals surface area contributed by atoms with E-state index in [4.69, 9.17) is 5.73 Å². The highest BCUT2D eigenvalue weighted by atomic mass is 14.6. The first-order valence-corrected chi connectivity index (χ1v) is 5.87. The molecular weight excluding hydrogens is 182 g/mol. The molecule has 0 heterocycles. The Kier molecular flexibility index (Phi) is 4.19. The van der Waals surface area contributed by atoms with Crippen LogP contribution in [0.1, 0.15) is 38.8 Å². The van der Waals surface area contributed by atoms with Gasteiger partial charge in [-0.25, -0.2) is 0 Å². The van der Waals surface area contributed by atoms with Crippen molar-refractivity contribution in [1.29, 1.82) is 0 Å². The van der Waals surface area contributed by atoms with Crippen molar-refractivity contribution in [3.8, 4) is 0 Å². The molecule has 0 radical (unpaired) electrons. The van der Waals surface area contributed by atoms with Crippen LogP contribution < -0.4 is 5.73 Å². The van der Waals surface area contributed by atoms with Crippen molar-refractivity contribution in [3.05, 3.63) is 29.3 Å². The number of benzene rings is 1. The Labute approximate surface area is 93.7 Å². The number of rotatable bonds is 4. The molecule has 0 unspecified atom stereocenters. The van der Waals surface area contributed by atoms with Crippen LogP contribution in [0.2, 0.25) is 0 Å². The maximum absolute atomic E-state index is 6.18. The Morgan fingerprint density at radius 2 is 1.33 bits per heavy atom. The molecule has 2 N–H and O–H groups in total. The van der Waals surface area contributed by atoms with Crippen LogP contribution in [0.25, 0.3) is 0 Å². The van der Waals surface area contributed by atoms with Gasteiger partial charge in [-0.3, -0.25) is 0 Å². The van der Waals surface area contributed by atoms with E-state index in [1.54, 1.807) is 0 Å². The minimum absolute atomic E-state index is 0.668. The summed E-state index contributed by atoms with van der Waals surface area (Å²) in [7, 11) is 0. The molecule has 0 aliphatic carbocycles. The molecule has 84 valence electrons. The molecule has 0 fully saturated rings. The minimum Gasteiger partial charge on any atom is -0.398 e. The summed E-state index contributed by atoms with van der Waals surface area (Å²) in [4.78, 5) is 0. The fourth-order valence-corrected chi connectivity index (χ4v) is 1.90. The van der Waals surface area contributed by atoms with Gasteiger partial charge in [0.15, 0.2) is 0 Å². The van der Waals surface area contributed by atoms with Gasteiger partial charge in [-0.2, -0.15) is 0 Å². The maximum atomic E-state index is 6.18. The molecule has 0 saturated carbocycles. The van der Waals surface area contributed by atoms with Gasteiger partial charge in [0, 0.05) is 5.69 Å². The molecule has 1 heteroatoms. The van der Waals surface area contributed by atoms with Gasteiger partial charge in [0.1, 0.15) is 0 Å². The summed E-state index contributed by atoms with van der Waals surface area (Å²) in [6, 6.07) is 6.43. The Bertz CT molecular complexity index is 285. The van der Waals surface area contributed by atoms with E-state index in [-0.39, 0.29) is 0 Å². The molecule has 15 heavy (non-hydrogen) atoms. The normalized spacial score (nSPS) is 11.3. The summed E-state index contributed by atoms with van der Waals surface area (Å²) in [6.07, 6.45) is 2.16. The van der Waals surface area contributed by atoms with E-state index in [0.29, 0.717) is 11.8 Å². The van der Waals surface area contributed by atoms with Gasteiger partial charge in [0.05, 0.1) is 0 Å². The van der Waals surface area contributed by atoms with E-state index in [1.807, 2.05) is 0 Å². The molecule has 0 bridgehead atoms. The van der Waals surface area contributed by atoms with Crippen molar-refractivity contribution >= 4 is 5.69 Å². The predicted octanol–water partition coefficient (Wildman–Crippen LogP) is 3.67. The lowest BCUT2D eigenvalue weighted by Crippen LogP contribution is -2.05. The quantitative estimate of drug-likeness (QED) is 0.746. The van der Waals surface area contributed by atoms with Crippen LogP contribution in [0.3, 0.4) is 0 Å². The molecular formula is C14H23N. The molecule has 0 amide bonds. The molecule has 0 aromatic heterocycles. The third kappa shape index (κ3) is 3.58. The topological polar surface area (TPSA) is 26.0 Å². The Morgan fingerprint density at radius 3 is 1.67 bits per heavy atom. The summed E-state index contributed by atoms with van der Waals surface area (Å²) >= 11 is 0. The second-order valence-electron chi connectivity index (χ2n) is 5.19. The van der Waals surface area contributed by atoms with Crippen molar-refractivity contribution < 1.29 is 0 Å². The number of hydrogen-bond donors (Lipinski definition) is 1. The van der Waals surface area contributed by atoms with Crippen LogP contribution in [0.5, 0.6) is 0 Å². The monoisotopic (exact) mass is 205 g/mol. The zero-order chi connectivity index (χ0) is 11.4. The molecule has 0 atom stereocenters. The maximum Gasteiger partial charge on any atom is 0.0379 e. The van der Waals surface area contributed by atoms with Gasteiger partial charge in [0.2, 0.25) is 0 Å². The Hall–Kier alpha value is -0.980. The highest BCUT2D eigenvalue weighted by Crippen LogP contribution is 2.22. The molecule has 1 nitrogen and oxygen atoms in total. The van der Waals surface area contributed by atoms with Crippen LogP contribution >= 0.6 is 0 Å². The van der Waals surface area contributed by atoms with Gasteiger partial charge in [-0.1, -0.05) is 45.9 Å². The van der Waals surface area contributed by atoms with Gasteiger partial charge in [0.25, 0.3) is 0 Å². The number of anilines is 1. The van der Waals surface area contributed by atoms with Crippen molar-refractivity contribution in [1.82, 2.24) is 0 Å². The van der Waals surface area contributed by atoms with E-state index >= 15 is 0 Å². The van der Waals surface area contributed by atoms with E-state index in [1.165, 1.54) is 11.1 Å². The smallest absolute Gasteiger partial charge is 0.0379 e. The zero-order valence-electron chi connectivity index (χ0n) is 10.4. The van der Waals surface area contributed by atoms with Crippen molar-refractivity contribution in [2.24, 2.45) is 11.8 Å². The molecule has 0 spiro atoms.